The van der Waals surface area contributed by atoms with E-state index in [4.69, 9.17) is 4.74 Å². The van der Waals surface area contributed by atoms with Gasteiger partial charge < -0.3 is 9.53 Å². The lowest BCUT2D eigenvalue weighted by molar-refractivity contribution is -0.111. The monoisotopic (exact) mass is 270 g/mol. The third kappa shape index (κ3) is 2.81. The Kier molecular flexibility index (Phi) is 3.91. The zero-order valence-corrected chi connectivity index (χ0v) is 10.8. The van der Waals surface area contributed by atoms with Crippen molar-refractivity contribution in [1.29, 1.82) is 0 Å². The molecule has 0 saturated carbocycles. The summed E-state index contributed by atoms with van der Waals surface area (Å²) >= 11 is 3.43. The van der Waals surface area contributed by atoms with E-state index in [0.717, 1.165) is 22.1 Å². The highest BCUT2D eigenvalue weighted by molar-refractivity contribution is 9.10. The van der Waals surface area contributed by atoms with Gasteiger partial charge in [-0.25, -0.2) is 0 Å². The molecule has 0 saturated heterocycles. The number of carbonyl (C=O) groups excluding carboxylic acids is 1. The van der Waals surface area contributed by atoms with Crippen molar-refractivity contribution in [2.75, 3.05) is 6.61 Å². The lowest BCUT2D eigenvalue weighted by Gasteiger charge is -2.18. The minimum atomic E-state index is -0.451. The lowest BCUT2D eigenvalue weighted by atomic mass is 9.86. The molecule has 0 aliphatic heterocycles. The maximum absolute atomic E-state index is 10.9. The van der Waals surface area contributed by atoms with Gasteiger partial charge in [0.05, 0.1) is 11.1 Å². The molecule has 0 N–H and O–H groups in total. The van der Waals surface area contributed by atoms with Crippen LogP contribution in [0.4, 0.5) is 0 Å². The number of hydrogen-bond acceptors (Lipinski definition) is 2. The van der Waals surface area contributed by atoms with E-state index in [0.29, 0.717) is 6.61 Å². The highest BCUT2D eigenvalue weighted by Gasteiger charge is 2.20. The smallest absolute Gasteiger partial charge is 0.133 e. The van der Waals surface area contributed by atoms with Crippen LogP contribution < -0.4 is 4.74 Å². The van der Waals surface area contributed by atoms with Crippen molar-refractivity contribution in [3.8, 4) is 5.75 Å². The first-order chi connectivity index (χ1) is 7.01. The van der Waals surface area contributed by atoms with Crippen molar-refractivity contribution in [2.24, 2.45) is 0 Å². The Morgan fingerprint density at radius 2 is 2.13 bits per heavy atom. The minimum Gasteiger partial charge on any atom is -0.493 e. The molecule has 0 aliphatic carbocycles. The predicted molar refractivity (Wildman–Crippen MR) is 64.4 cm³/mol. The zero-order valence-electron chi connectivity index (χ0n) is 9.21. The fraction of sp³-hybridized carbons (Fsp3) is 0.417. The van der Waals surface area contributed by atoms with Crippen molar-refractivity contribution in [2.45, 2.75) is 26.2 Å². The lowest BCUT2D eigenvalue weighted by Crippen LogP contribution is -2.18. The average Bonchev–Trinajstić information content (AvgIpc) is 2.21. The molecule has 0 amide bonds. The number of ether oxygens (including phenoxy) is 1. The van der Waals surface area contributed by atoms with E-state index in [9.17, 15) is 4.79 Å². The van der Waals surface area contributed by atoms with E-state index in [-0.39, 0.29) is 0 Å². The Morgan fingerprint density at radius 3 is 2.60 bits per heavy atom. The first-order valence-electron chi connectivity index (χ1n) is 4.90. The quantitative estimate of drug-likeness (QED) is 0.785. The highest BCUT2D eigenvalue weighted by Crippen LogP contribution is 2.30. The molecule has 0 aromatic heterocycles. The van der Waals surface area contributed by atoms with E-state index in [1.165, 1.54) is 0 Å². The number of aldehydes is 1. The molecule has 82 valence electrons. The van der Waals surface area contributed by atoms with Gasteiger partial charge in [0.2, 0.25) is 0 Å². The third-order valence-electron chi connectivity index (χ3n) is 2.27. The first kappa shape index (κ1) is 12.2. The van der Waals surface area contributed by atoms with Crippen molar-refractivity contribution < 1.29 is 9.53 Å². The van der Waals surface area contributed by atoms with Gasteiger partial charge in [0, 0.05) is 5.41 Å². The van der Waals surface area contributed by atoms with Gasteiger partial charge in [0.1, 0.15) is 12.0 Å². The van der Waals surface area contributed by atoms with Gasteiger partial charge in [-0.05, 0) is 54.4 Å². The fourth-order valence-electron chi connectivity index (χ4n) is 1.24. The topological polar surface area (TPSA) is 26.3 Å². The molecule has 0 fully saturated rings. The van der Waals surface area contributed by atoms with Crippen LogP contribution in [0.2, 0.25) is 0 Å². The molecule has 0 heterocycles. The van der Waals surface area contributed by atoms with Crippen LogP contribution in [0.5, 0.6) is 5.75 Å². The molecule has 1 aromatic carbocycles. The molecular formula is C12H15BrO2. The van der Waals surface area contributed by atoms with E-state index in [2.05, 4.69) is 15.9 Å². The maximum atomic E-state index is 10.9. The molecule has 0 bridgehead atoms. The molecule has 1 rings (SSSR count). The summed E-state index contributed by atoms with van der Waals surface area (Å²) in [6.07, 6.45) is 0.953. The van der Waals surface area contributed by atoms with Gasteiger partial charge in [-0.15, -0.1) is 0 Å². The molecule has 1 aromatic rings. The van der Waals surface area contributed by atoms with Gasteiger partial charge in [-0.2, -0.15) is 0 Å². The summed E-state index contributed by atoms with van der Waals surface area (Å²) in [7, 11) is 0. The summed E-state index contributed by atoms with van der Waals surface area (Å²) in [6.45, 7) is 6.36. The van der Waals surface area contributed by atoms with Crippen LogP contribution in [0.3, 0.4) is 0 Å². The minimum absolute atomic E-state index is 0.451. The van der Waals surface area contributed by atoms with Crippen molar-refractivity contribution in [3.63, 3.8) is 0 Å². The molecule has 0 unspecified atom stereocenters. The van der Waals surface area contributed by atoms with Gasteiger partial charge in [-0.1, -0.05) is 6.07 Å². The Bertz CT molecular complexity index is 359. The van der Waals surface area contributed by atoms with Crippen LogP contribution in [-0.4, -0.2) is 12.9 Å². The number of rotatable bonds is 4. The summed E-state index contributed by atoms with van der Waals surface area (Å²) in [5, 5.41) is 0. The van der Waals surface area contributed by atoms with E-state index in [1.807, 2.05) is 39.0 Å². The Labute approximate surface area is 98.8 Å². The molecule has 0 atom stereocenters. The molecular weight excluding hydrogens is 256 g/mol. The molecule has 0 aliphatic rings. The summed E-state index contributed by atoms with van der Waals surface area (Å²) in [4.78, 5) is 10.9. The van der Waals surface area contributed by atoms with Gasteiger partial charge in [0.25, 0.3) is 0 Å². The normalized spacial score (nSPS) is 11.2. The second-order valence-corrected chi connectivity index (χ2v) is 4.77. The largest absolute Gasteiger partial charge is 0.493 e. The van der Waals surface area contributed by atoms with E-state index >= 15 is 0 Å². The molecule has 0 radical (unpaired) electrons. The van der Waals surface area contributed by atoms with Crippen molar-refractivity contribution in [3.05, 3.63) is 28.2 Å². The number of hydrogen-bond donors (Lipinski definition) is 0. The summed E-state index contributed by atoms with van der Waals surface area (Å²) in [5.41, 5.74) is 0.528. The van der Waals surface area contributed by atoms with Crippen LogP contribution in [0.25, 0.3) is 0 Å². The third-order valence-corrected chi connectivity index (χ3v) is 2.89. The maximum Gasteiger partial charge on any atom is 0.133 e. The first-order valence-corrected chi connectivity index (χ1v) is 5.69. The van der Waals surface area contributed by atoms with Crippen molar-refractivity contribution in [1.82, 2.24) is 0 Å². The summed E-state index contributed by atoms with van der Waals surface area (Å²) < 4.78 is 6.29. The fourth-order valence-corrected chi connectivity index (χ4v) is 1.74. The van der Waals surface area contributed by atoms with Crippen molar-refractivity contribution >= 4 is 22.2 Å². The van der Waals surface area contributed by atoms with Crippen LogP contribution in [0.1, 0.15) is 26.3 Å². The van der Waals surface area contributed by atoms with E-state index < -0.39 is 5.41 Å². The molecule has 3 heteroatoms. The Hall–Kier alpha value is -0.830. The van der Waals surface area contributed by atoms with Crippen LogP contribution in [0.15, 0.2) is 22.7 Å². The SMILES string of the molecule is CCOc1ccc(C(C)(C)C=O)cc1Br. The van der Waals surface area contributed by atoms with Crippen LogP contribution in [-0.2, 0) is 10.2 Å². The predicted octanol–water partition coefficient (Wildman–Crippen LogP) is 3.32. The number of carbonyl (C=O) groups is 1. The highest BCUT2D eigenvalue weighted by atomic mass is 79.9. The van der Waals surface area contributed by atoms with Gasteiger partial charge >= 0.3 is 0 Å². The summed E-state index contributed by atoms with van der Waals surface area (Å²) in [5.74, 6) is 0.808. The average molecular weight is 271 g/mol. The second-order valence-electron chi connectivity index (χ2n) is 3.92. The van der Waals surface area contributed by atoms with Crippen LogP contribution >= 0.6 is 15.9 Å². The van der Waals surface area contributed by atoms with E-state index in [1.54, 1.807) is 0 Å². The van der Waals surface area contributed by atoms with Crippen LogP contribution in [0, 0.1) is 0 Å². The van der Waals surface area contributed by atoms with Gasteiger partial charge in [-0.3, -0.25) is 0 Å². The Balaban J connectivity index is 3.06. The number of halogens is 1. The molecule has 15 heavy (non-hydrogen) atoms. The second kappa shape index (κ2) is 4.79. The summed E-state index contributed by atoms with van der Waals surface area (Å²) in [6, 6.07) is 5.73. The standard InChI is InChI=1S/C12H15BrO2/c1-4-15-11-6-5-9(7-10(11)13)12(2,3)8-14/h5-8H,4H2,1-3H3. The number of benzene rings is 1. The molecule has 0 spiro atoms. The molecule has 2 nitrogen and oxygen atoms in total. The van der Waals surface area contributed by atoms with Gasteiger partial charge in [0.15, 0.2) is 0 Å². The Morgan fingerprint density at radius 1 is 1.47 bits per heavy atom. The zero-order chi connectivity index (χ0) is 11.5.